The zero-order chi connectivity index (χ0) is 32.0. The standard InChI is InChI=1S/C20H29N7O14/c21-6(1-13(30)31)16(36)24-8(4-14(32)33)18(38)25-7(2-11(22)28)17(37)26-9(5-15(34)35)19(39)27-10(20(40)41)3-12(23)29/h6-10H,1-5,21H2,(H2,22,28)(H2,23,29)(H,24,36)(H,25,38)(H,26,37)(H,27,39)(H,30,31)(H,32,33)(H,34,35)(H,40,41)/t6-,7-,8-,9-,10-/m0/s1. The van der Waals surface area contributed by atoms with E-state index in [1.807, 2.05) is 16.0 Å². The number of carboxylic acids is 4. The smallest absolute Gasteiger partial charge is 0.326 e. The van der Waals surface area contributed by atoms with Crippen molar-refractivity contribution in [3.8, 4) is 0 Å². The molecular weight excluding hydrogens is 562 g/mol. The first kappa shape index (κ1) is 35.7. The predicted octanol–water partition coefficient (Wildman–Crippen LogP) is -6.49. The molecule has 5 atom stereocenters. The summed E-state index contributed by atoms with van der Waals surface area (Å²) in [4.78, 5) is 117. The minimum atomic E-state index is -2.04. The van der Waals surface area contributed by atoms with Crippen LogP contribution in [0, 0.1) is 0 Å². The number of rotatable bonds is 19. The van der Waals surface area contributed by atoms with Gasteiger partial charge in [0.2, 0.25) is 35.4 Å². The highest BCUT2D eigenvalue weighted by Crippen LogP contribution is 2.03. The van der Waals surface area contributed by atoms with Crippen molar-refractivity contribution in [2.24, 2.45) is 17.2 Å². The minimum Gasteiger partial charge on any atom is -0.481 e. The van der Waals surface area contributed by atoms with E-state index in [9.17, 15) is 47.9 Å². The van der Waals surface area contributed by atoms with Crippen LogP contribution in [0.25, 0.3) is 0 Å². The molecule has 14 N–H and O–H groups in total. The Hall–Kier alpha value is -5.34. The third kappa shape index (κ3) is 14.4. The quantitative estimate of drug-likeness (QED) is 0.0665. The summed E-state index contributed by atoms with van der Waals surface area (Å²) in [6, 6.07) is -9.62. The van der Waals surface area contributed by atoms with E-state index < -0.39 is 122 Å². The molecule has 0 saturated heterocycles. The van der Waals surface area contributed by atoms with E-state index in [2.05, 4.69) is 0 Å². The lowest BCUT2D eigenvalue weighted by atomic mass is 10.1. The van der Waals surface area contributed by atoms with Gasteiger partial charge in [-0.05, 0) is 0 Å². The number of carboxylic acid groups (broad SMARTS) is 4. The van der Waals surface area contributed by atoms with E-state index in [4.69, 9.17) is 37.6 Å². The van der Waals surface area contributed by atoms with Crippen molar-refractivity contribution >= 4 is 59.3 Å². The maximum Gasteiger partial charge on any atom is 0.326 e. The summed E-state index contributed by atoms with van der Waals surface area (Å²) in [5.74, 6) is -14.4. The number of nitrogens with two attached hydrogens (primary N) is 3. The topological polar surface area (TPSA) is 378 Å². The molecule has 0 aliphatic carbocycles. The van der Waals surface area contributed by atoms with Gasteiger partial charge in [-0.2, -0.15) is 0 Å². The largest absolute Gasteiger partial charge is 0.481 e. The highest BCUT2D eigenvalue weighted by molar-refractivity contribution is 5.99. The van der Waals surface area contributed by atoms with Crippen LogP contribution >= 0.6 is 0 Å². The molecular formula is C20H29N7O14. The average molecular weight is 591 g/mol. The van der Waals surface area contributed by atoms with Crippen LogP contribution in [0.2, 0.25) is 0 Å². The Morgan fingerprint density at radius 3 is 1.07 bits per heavy atom. The molecule has 0 aliphatic heterocycles. The Bertz CT molecular complexity index is 1090. The highest BCUT2D eigenvalue weighted by atomic mass is 16.4. The molecule has 41 heavy (non-hydrogen) atoms. The fourth-order valence-electron chi connectivity index (χ4n) is 2.96. The average Bonchev–Trinajstić information content (AvgIpc) is 2.80. The van der Waals surface area contributed by atoms with Crippen molar-refractivity contribution in [3.05, 3.63) is 0 Å². The van der Waals surface area contributed by atoms with Gasteiger partial charge in [0, 0.05) is 0 Å². The van der Waals surface area contributed by atoms with Gasteiger partial charge in [0.25, 0.3) is 0 Å². The Morgan fingerprint density at radius 2 is 0.756 bits per heavy atom. The van der Waals surface area contributed by atoms with Crippen molar-refractivity contribution in [2.75, 3.05) is 0 Å². The molecule has 0 aliphatic rings. The number of hydrogen-bond donors (Lipinski definition) is 11. The van der Waals surface area contributed by atoms with E-state index in [1.165, 1.54) is 0 Å². The van der Waals surface area contributed by atoms with Gasteiger partial charge in [-0.25, -0.2) is 4.79 Å². The van der Waals surface area contributed by atoms with Gasteiger partial charge in [0.1, 0.15) is 24.2 Å². The van der Waals surface area contributed by atoms with Gasteiger partial charge in [-0.1, -0.05) is 0 Å². The van der Waals surface area contributed by atoms with Crippen molar-refractivity contribution in [1.82, 2.24) is 21.3 Å². The normalized spacial score (nSPS) is 14.1. The van der Waals surface area contributed by atoms with Crippen LogP contribution in [0.5, 0.6) is 0 Å². The lowest BCUT2D eigenvalue weighted by Gasteiger charge is -2.25. The van der Waals surface area contributed by atoms with E-state index >= 15 is 0 Å². The second-order valence-corrected chi connectivity index (χ2v) is 8.32. The number of nitrogens with one attached hydrogen (secondary N) is 4. The summed E-state index contributed by atoms with van der Waals surface area (Å²) >= 11 is 0. The lowest BCUT2D eigenvalue weighted by molar-refractivity contribution is -0.145. The summed E-state index contributed by atoms with van der Waals surface area (Å²) < 4.78 is 0. The Labute approximate surface area is 229 Å². The Balaban J connectivity index is 5.93. The van der Waals surface area contributed by atoms with Crippen LogP contribution in [-0.2, 0) is 47.9 Å². The van der Waals surface area contributed by atoms with Gasteiger partial charge in [-0.3, -0.25) is 43.2 Å². The van der Waals surface area contributed by atoms with E-state index in [0.717, 1.165) is 0 Å². The fraction of sp³-hybridized carbons (Fsp3) is 0.500. The van der Waals surface area contributed by atoms with Gasteiger partial charge in [0.05, 0.1) is 38.1 Å². The van der Waals surface area contributed by atoms with Crippen molar-refractivity contribution in [2.45, 2.75) is 62.3 Å². The SMILES string of the molecule is NC(=O)C[C@H](NC(=O)[C@H](CC(=O)O)NC(=O)[C@H](CC(N)=O)NC(=O)[C@H](CC(=O)O)NC(=O)[C@@H](N)CC(=O)O)C(=O)O. The highest BCUT2D eigenvalue weighted by Gasteiger charge is 2.34. The third-order valence-corrected chi connectivity index (χ3v) is 4.81. The third-order valence-electron chi connectivity index (χ3n) is 4.81. The second kappa shape index (κ2) is 16.6. The molecule has 228 valence electrons. The summed E-state index contributed by atoms with van der Waals surface area (Å²) in [5.41, 5.74) is 15.3. The van der Waals surface area contributed by atoms with Crippen LogP contribution in [0.4, 0.5) is 0 Å². The molecule has 0 unspecified atom stereocenters. The van der Waals surface area contributed by atoms with Gasteiger partial charge < -0.3 is 58.9 Å². The van der Waals surface area contributed by atoms with Gasteiger partial charge in [0.15, 0.2) is 0 Å². The van der Waals surface area contributed by atoms with Crippen LogP contribution in [0.3, 0.4) is 0 Å². The predicted molar refractivity (Wildman–Crippen MR) is 128 cm³/mol. The first-order chi connectivity index (χ1) is 18.8. The van der Waals surface area contributed by atoms with E-state index in [1.54, 1.807) is 5.32 Å². The van der Waals surface area contributed by atoms with Crippen LogP contribution in [0.15, 0.2) is 0 Å². The fourth-order valence-corrected chi connectivity index (χ4v) is 2.96. The monoisotopic (exact) mass is 591 g/mol. The number of amides is 6. The number of hydrogen-bond acceptors (Lipinski definition) is 11. The number of carbonyl (C=O) groups excluding carboxylic acids is 6. The summed E-state index contributed by atoms with van der Waals surface area (Å²) in [5, 5.41) is 43.5. The molecule has 0 aromatic heterocycles. The van der Waals surface area contributed by atoms with Crippen LogP contribution in [0.1, 0.15) is 32.1 Å². The van der Waals surface area contributed by atoms with Crippen molar-refractivity contribution in [3.63, 3.8) is 0 Å². The molecule has 0 rings (SSSR count). The molecule has 0 aromatic rings. The molecule has 6 amide bonds. The molecule has 21 heteroatoms. The molecule has 0 saturated carbocycles. The molecule has 0 fully saturated rings. The van der Waals surface area contributed by atoms with E-state index in [0.29, 0.717) is 0 Å². The summed E-state index contributed by atoms with van der Waals surface area (Å²) in [7, 11) is 0. The van der Waals surface area contributed by atoms with Crippen LogP contribution < -0.4 is 38.5 Å². The molecule has 0 spiro atoms. The second-order valence-electron chi connectivity index (χ2n) is 8.32. The molecule has 0 aromatic carbocycles. The first-order valence-electron chi connectivity index (χ1n) is 11.3. The van der Waals surface area contributed by atoms with Gasteiger partial charge >= 0.3 is 23.9 Å². The maximum atomic E-state index is 12.8. The molecule has 0 heterocycles. The summed E-state index contributed by atoms with van der Waals surface area (Å²) in [6.45, 7) is 0. The Kier molecular flexibility index (Phi) is 14.4. The minimum absolute atomic E-state index is 0.894. The van der Waals surface area contributed by atoms with E-state index in [-0.39, 0.29) is 0 Å². The van der Waals surface area contributed by atoms with Gasteiger partial charge in [-0.15, -0.1) is 0 Å². The maximum absolute atomic E-state index is 12.8. The Morgan fingerprint density at radius 1 is 0.463 bits per heavy atom. The number of carbonyl (C=O) groups is 10. The molecule has 0 radical (unpaired) electrons. The molecule has 0 bridgehead atoms. The molecule has 21 nitrogen and oxygen atoms in total. The van der Waals surface area contributed by atoms with Crippen molar-refractivity contribution in [1.29, 1.82) is 0 Å². The zero-order valence-corrected chi connectivity index (χ0v) is 21.0. The zero-order valence-electron chi connectivity index (χ0n) is 21.0. The number of primary amides is 2. The lowest BCUT2D eigenvalue weighted by Crippen LogP contribution is -2.59. The van der Waals surface area contributed by atoms with Crippen LogP contribution in [-0.4, -0.2) is 110 Å². The van der Waals surface area contributed by atoms with Crippen molar-refractivity contribution < 1.29 is 68.4 Å². The first-order valence-corrected chi connectivity index (χ1v) is 11.3. The summed E-state index contributed by atoms with van der Waals surface area (Å²) in [6.07, 6.45) is -5.05. The number of aliphatic carboxylic acids is 4.